The monoisotopic (exact) mass is 413 g/mol. The minimum atomic E-state index is -2.87. The molecule has 0 aromatic heterocycles. The summed E-state index contributed by atoms with van der Waals surface area (Å²) in [6.45, 7) is -3.35. The third-order valence-electron chi connectivity index (χ3n) is 3.40. The van der Waals surface area contributed by atoms with Crippen molar-refractivity contribution in [2.45, 2.75) is 13.0 Å². The van der Waals surface area contributed by atoms with Gasteiger partial charge in [0.2, 0.25) is 0 Å². The Balaban J connectivity index is 1.61. The van der Waals surface area contributed by atoms with E-state index in [1.54, 1.807) is 36.4 Å². The minimum Gasteiger partial charge on any atom is -0.482 e. The van der Waals surface area contributed by atoms with Gasteiger partial charge in [0, 0.05) is 11.6 Å². The zero-order chi connectivity index (χ0) is 20.4. The first-order chi connectivity index (χ1) is 13.4. The highest BCUT2D eigenvalue weighted by molar-refractivity contribution is 6.30. The molecular formula is C19H18ClF2NO5. The molecule has 28 heavy (non-hydrogen) atoms. The SMILES string of the molecule is O=C(COC(=O)COc1cccc(Cl)c1)NCCc1ccc(OC(F)F)cc1. The predicted molar refractivity (Wildman–Crippen MR) is 97.7 cm³/mol. The molecule has 0 spiro atoms. The van der Waals surface area contributed by atoms with Crippen molar-refractivity contribution >= 4 is 23.5 Å². The van der Waals surface area contributed by atoms with Crippen LogP contribution in [0.3, 0.4) is 0 Å². The molecule has 0 aliphatic heterocycles. The van der Waals surface area contributed by atoms with Crippen LogP contribution in [0.2, 0.25) is 5.02 Å². The molecule has 0 aliphatic rings. The van der Waals surface area contributed by atoms with Gasteiger partial charge >= 0.3 is 12.6 Å². The van der Waals surface area contributed by atoms with E-state index in [4.69, 9.17) is 21.1 Å². The number of hydrogen-bond donors (Lipinski definition) is 1. The molecule has 0 saturated heterocycles. The zero-order valence-corrected chi connectivity index (χ0v) is 15.5. The van der Waals surface area contributed by atoms with Crippen molar-refractivity contribution in [3.05, 3.63) is 59.1 Å². The first-order valence-electron chi connectivity index (χ1n) is 8.27. The lowest BCUT2D eigenvalue weighted by Crippen LogP contribution is -2.31. The number of carbonyl (C=O) groups excluding carboxylic acids is 2. The molecule has 0 saturated carbocycles. The van der Waals surface area contributed by atoms with Crippen LogP contribution in [0.4, 0.5) is 8.78 Å². The fourth-order valence-electron chi connectivity index (χ4n) is 2.12. The summed E-state index contributed by atoms with van der Waals surface area (Å²) in [6, 6.07) is 12.6. The van der Waals surface area contributed by atoms with Crippen LogP contribution in [0.25, 0.3) is 0 Å². The number of alkyl halides is 2. The Labute approximate surface area is 165 Å². The molecule has 0 atom stereocenters. The van der Waals surface area contributed by atoms with E-state index in [0.29, 0.717) is 23.7 Å². The van der Waals surface area contributed by atoms with Crippen molar-refractivity contribution in [2.24, 2.45) is 0 Å². The van der Waals surface area contributed by atoms with Gasteiger partial charge in [-0.3, -0.25) is 4.79 Å². The fourth-order valence-corrected chi connectivity index (χ4v) is 2.30. The van der Waals surface area contributed by atoms with E-state index in [2.05, 4.69) is 10.1 Å². The first kappa shape index (κ1) is 21.4. The maximum absolute atomic E-state index is 12.1. The molecular weight excluding hydrogens is 396 g/mol. The summed E-state index contributed by atoms with van der Waals surface area (Å²) in [4.78, 5) is 23.3. The van der Waals surface area contributed by atoms with Gasteiger partial charge in [-0.25, -0.2) is 4.79 Å². The summed E-state index contributed by atoms with van der Waals surface area (Å²) < 4.78 is 38.4. The van der Waals surface area contributed by atoms with Crippen molar-refractivity contribution in [3.63, 3.8) is 0 Å². The van der Waals surface area contributed by atoms with E-state index in [1.165, 1.54) is 12.1 Å². The van der Waals surface area contributed by atoms with Gasteiger partial charge in [0.15, 0.2) is 13.2 Å². The lowest BCUT2D eigenvalue weighted by atomic mass is 10.1. The highest BCUT2D eigenvalue weighted by Gasteiger charge is 2.09. The Morgan fingerprint density at radius 1 is 1.04 bits per heavy atom. The summed E-state index contributed by atoms with van der Waals surface area (Å²) in [6.07, 6.45) is 0.479. The molecule has 0 aliphatic carbocycles. The molecule has 6 nitrogen and oxygen atoms in total. The molecule has 0 radical (unpaired) electrons. The Bertz CT molecular complexity index is 786. The number of carbonyl (C=O) groups is 2. The number of halogens is 3. The van der Waals surface area contributed by atoms with Crippen molar-refractivity contribution in [1.29, 1.82) is 0 Å². The molecule has 1 N–H and O–H groups in total. The van der Waals surface area contributed by atoms with Gasteiger partial charge in [0.05, 0.1) is 0 Å². The van der Waals surface area contributed by atoms with E-state index in [1.807, 2.05) is 0 Å². The van der Waals surface area contributed by atoms with Crippen LogP contribution in [-0.4, -0.2) is 38.2 Å². The molecule has 2 aromatic rings. The molecule has 0 unspecified atom stereocenters. The second-order valence-corrected chi connectivity index (χ2v) is 5.97. The maximum Gasteiger partial charge on any atom is 0.387 e. The summed E-state index contributed by atoms with van der Waals surface area (Å²) in [7, 11) is 0. The van der Waals surface area contributed by atoms with Gasteiger partial charge < -0.3 is 19.5 Å². The van der Waals surface area contributed by atoms with Crippen LogP contribution in [0, 0.1) is 0 Å². The third-order valence-corrected chi connectivity index (χ3v) is 3.64. The highest BCUT2D eigenvalue weighted by Crippen LogP contribution is 2.17. The van der Waals surface area contributed by atoms with Gasteiger partial charge in [-0.05, 0) is 42.3 Å². The summed E-state index contributed by atoms with van der Waals surface area (Å²) in [5.41, 5.74) is 0.828. The number of hydrogen-bond acceptors (Lipinski definition) is 5. The van der Waals surface area contributed by atoms with E-state index in [-0.39, 0.29) is 12.4 Å². The maximum atomic E-state index is 12.1. The smallest absolute Gasteiger partial charge is 0.387 e. The second kappa shape index (κ2) is 11.1. The topological polar surface area (TPSA) is 73.9 Å². The lowest BCUT2D eigenvalue weighted by Gasteiger charge is -2.09. The number of benzene rings is 2. The zero-order valence-electron chi connectivity index (χ0n) is 14.7. The number of esters is 1. The van der Waals surface area contributed by atoms with E-state index in [9.17, 15) is 18.4 Å². The van der Waals surface area contributed by atoms with Crippen molar-refractivity contribution in [3.8, 4) is 11.5 Å². The molecule has 0 fully saturated rings. The standard InChI is InChI=1S/C19H18ClF2NO5/c20-14-2-1-3-16(10-14)26-12-18(25)27-11-17(24)23-9-8-13-4-6-15(7-5-13)28-19(21)22/h1-7,10,19H,8-9,11-12H2,(H,23,24). The van der Waals surface area contributed by atoms with E-state index >= 15 is 0 Å². The van der Waals surface area contributed by atoms with Crippen molar-refractivity contribution in [2.75, 3.05) is 19.8 Å². The van der Waals surface area contributed by atoms with Crippen molar-refractivity contribution in [1.82, 2.24) is 5.32 Å². The van der Waals surface area contributed by atoms with Crippen LogP contribution in [0.15, 0.2) is 48.5 Å². The van der Waals surface area contributed by atoms with Crippen LogP contribution >= 0.6 is 11.6 Å². The van der Waals surface area contributed by atoms with E-state index < -0.39 is 25.1 Å². The van der Waals surface area contributed by atoms with Gasteiger partial charge in [-0.2, -0.15) is 8.78 Å². The van der Waals surface area contributed by atoms with Crippen molar-refractivity contribution < 1.29 is 32.6 Å². The Hall–Kier alpha value is -2.87. The molecule has 9 heteroatoms. The molecule has 0 heterocycles. The molecule has 150 valence electrons. The quantitative estimate of drug-likeness (QED) is 0.605. The number of nitrogens with one attached hydrogen (secondary N) is 1. The van der Waals surface area contributed by atoms with Gasteiger partial charge in [0.25, 0.3) is 5.91 Å². The number of ether oxygens (including phenoxy) is 3. The third kappa shape index (κ3) is 8.22. The molecule has 1 amide bonds. The summed E-state index contributed by atoms with van der Waals surface area (Å²) in [5.74, 6) is -0.674. The van der Waals surface area contributed by atoms with E-state index in [0.717, 1.165) is 5.56 Å². The molecule has 2 rings (SSSR count). The fraction of sp³-hybridized carbons (Fsp3) is 0.263. The average molecular weight is 414 g/mol. The average Bonchev–Trinajstić information content (AvgIpc) is 2.66. The Morgan fingerprint density at radius 3 is 2.46 bits per heavy atom. The van der Waals surface area contributed by atoms with Gasteiger partial charge in [-0.15, -0.1) is 0 Å². The molecule has 0 bridgehead atoms. The van der Waals surface area contributed by atoms with Gasteiger partial charge in [0.1, 0.15) is 11.5 Å². The number of amides is 1. The summed E-state index contributed by atoms with van der Waals surface area (Å²) >= 11 is 5.80. The molecule has 2 aromatic carbocycles. The van der Waals surface area contributed by atoms with Crippen LogP contribution in [-0.2, 0) is 20.7 Å². The normalized spacial score (nSPS) is 10.4. The largest absolute Gasteiger partial charge is 0.482 e. The lowest BCUT2D eigenvalue weighted by molar-refractivity contribution is -0.150. The van der Waals surface area contributed by atoms with Crippen LogP contribution in [0.1, 0.15) is 5.56 Å². The second-order valence-electron chi connectivity index (χ2n) is 5.53. The Morgan fingerprint density at radius 2 is 1.79 bits per heavy atom. The predicted octanol–water partition coefficient (Wildman–Crippen LogP) is 3.22. The number of rotatable bonds is 10. The van der Waals surface area contributed by atoms with Gasteiger partial charge in [-0.1, -0.05) is 29.8 Å². The van der Waals surface area contributed by atoms with Crippen LogP contribution in [0.5, 0.6) is 11.5 Å². The van der Waals surface area contributed by atoms with Crippen LogP contribution < -0.4 is 14.8 Å². The Kier molecular flexibility index (Phi) is 8.48. The minimum absolute atomic E-state index is 0.0645. The first-order valence-corrected chi connectivity index (χ1v) is 8.64. The highest BCUT2D eigenvalue weighted by atomic mass is 35.5. The summed E-state index contributed by atoms with van der Waals surface area (Å²) in [5, 5.41) is 3.06.